The largest absolute Gasteiger partial charge is 0.490 e. The molecule has 51 heavy (non-hydrogen) atoms. The molecular formula is C38H35Cl2N3O7S. The molecule has 0 fully saturated rings. The summed E-state index contributed by atoms with van der Waals surface area (Å²) in [4.78, 5) is 44.9. The van der Waals surface area contributed by atoms with Gasteiger partial charge in [-0.2, -0.15) is 0 Å². The van der Waals surface area contributed by atoms with E-state index in [4.69, 9.17) is 47.1 Å². The van der Waals surface area contributed by atoms with Crippen LogP contribution in [0.25, 0.3) is 17.0 Å². The van der Waals surface area contributed by atoms with E-state index >= 15 is 0 Å². The molecule has 3 heterocycles. The number of esters is 2. The highest BCUT2D eigenvalue weighted by molar-refractivity contribution is 7.07. The van der Waals surface area contributed by atoms with Gasteiger partial charge >= 0.3 is 11.9 Å². The average molecular weight is 749 g/mol. The van der Waals surface area contributed by atoms with Gasteiger partial charge in [0.05, 0.1) is 52.2 Å². The van der Waals surface area contributed by atoms with E-state index in [-0.39, 0.29) is 24.3 Å². The second kappa shape index (κ2) is 15.2. The van der Waals surface area contributed by atoms with Crippen molar-refractivity contribution >= 4 is 63.5 Å². The lowest BCUT2D eigenvalue weighted by Gasteiger charge is -2.25. The van der Waals surface area contributed by atoms with Crippen LogP contribution in [0.1, 0.15) is 49.2 Å². The highest BCUT2D eigenvalue weighted by Gasteiger charge is 2.34. The third kappa shape index (κ3) is 7.06. The number of halogens is 2. The van der Waals surface area contributed by atoms with E-state index in [0.717, 1.165) is 27.7 Å². The predicted molar refractivity (Wildman–Crippen MR) is 198 cm³/mol. The molecule has 2 aromatic heterocycles. The quantitative estimate of drug-likeness (QED) is 0.145. The Morgan fingerprint density at radius 1 is 0.961 bits per heavy atom. The third-order valence-electron chi connectivity index (χ3n) is 8.55. The molecule has 0 radical (unpaired) electrons. The predicted octanol–water partition coefficient (Wildman–Crippen LogP) is 6.37. The number of fused-ring (bicyclic) bond motifs is 2. The van der Waals surface area contributed by atoms with Gasteiger partial charge in [-0.3, -0.25) is 9.36 Å². The van der Waals surface area contributed by atoms with E-state index in [2.05, 4.69) is 4.57 Å². The number of benzene rings is 3. The number of hydrogen-bond donors (Lipinski definition) is 0. The van der Waals surface area contributed by atoms with E-state index in [9.17, 15) is 14.4 Å². The van der Waals surface area contributed by atoms with Crippen LogP contribution in [-0.4, -0.2) is 48.0 Å². The summed E-state index contributed by atoms with van der Waals surface area (Å²) in [5.74, 6) is -0.485. The topological polar surface area (TPSA) is 110 Å². The fourth-order valence-electron chi connectivity index (χ4n) is 6.18. The van der Waals surface area contributed by atoms with Gasteiger partial charge in [0.25, 0.3) is 5.56 Å². The van der Waals surface area contributed by atoms with E-state index < -0.39 is 18.0 Å². The number of rotatable bonds is 11. The van der Waals surface area contributed by atoms with Gasteiger partial charge in [-0.05, 0) is 75.2 Å². The molecule has 0 spiro atoms. The summed E-state index contributed by atoms with van der Waals surface area (Å²) < 4.78 is 25.9. The van der Waals surface area contributed by atoms with Crippen LogP contribution in [0.5, 0.6) is 11.5 Å². The number of carbonyl (C=O) groups excluding carboxylic acids is 2. The lowest BCUT2D eigenvalue weighted by atomic mass is 9.95. The van der Waals surface area contributed by atoms with E-state index in [1.54, 1.807) is 38.1 Å². The molecule has 1 atom stereocenters. The highest BCUT2D eigenvalue weighted by atomic mass is 35.5. The minimum absolute atomic E-state index is 0.142. The van der Waals surface area contributed by atoms with Gasteiger partial charge in [0.1, 0.15) is 0 Å². The third-order valence-corrected chi connectivity index (χ3v) is 10.3. The summed E-state index contributed by atoms with van der Waals surface area (Å²) in [6.07, 6.45) is 1.89. The first-order chi connectivity index (χ1) is 24.6. The Bertz CT molecular complexity index is 2390. The number of carbonyl (C=O) groups is 2. The number of hydrogen-bond acceptors (Lipinski definition) is 9. The normalized spacial score (nSPS) is 14.3. The zero-order chi connectivity index (χ0) is 36.4. The maximum absolute atomic E-state index is 14.5. The summed E-state index contributed by atoms with van der Waals surface area (Å²) in [5, 5.41) is 1.94. The lowest BCUT2D eigenvalue weighted by Crippen LogP contribution is -2.40. The number of methoxy groups -OCH3 is 1. The zero-order valence-electron chi connectivity index (χ0n) is 28.6. The van der Waals surface area contributed by atoms with Gasteiger partial charge in [-0.1, -0.05) is 64.9 Å². The Labute approximate surface area is 307 Å². The van der Waals surface area contributed by atoms with Crippen molar-refractivity contribution in [3.8, 4) is 11.5 Å². The maximum atomic E-state index is 14.5. The second-order valence-corrected chi connectivity index (χ2v) is 13.5. The first-order valence-corrected chi connectivity index (χ1v) is 17.8. The zero-order valence-corrected chi connectivity index (χ0v) is 30.9. The van der Waals surface area contributed by atoms with Gasteiger partial charge in [0.15, 0.2) is 22.9 Å². The van der Waals surface area contributed by atoms with Crippen LogP contribution in [-0.2, 0) is 25.6 Å². The Balaban J connectivity index is 1.51. The van der Waals surface area contributed by atoms with Crippen LogP contribution in [0.15, 0.2) is 81.7 Å². The second-order valence-electron chi connectivity index (χ2n) is 11.7. The number of thiazole rings is 1. The fourth-order valence-corrected chi connectivity index (χ4v) is 7.53. The highest BCUT2D eigenvalue weighted by Crippen LogP contribution is 2.37. The summed E-state index contributed by atoms with van der Waals surface area (Å²) >= 11 is 13.8. The molecule has 1 aliphatic rings. The Kier molecular flexibility index (Phi) is 10.7. The molecule has 0 saturated carbocycles. The van der Waals surface area contributed by atoms with Crippen LogP contribution in [0, 0.1) is 6.92 Å². The van der Waals surface area contributed by atoms with Gasteiger partial charge in [-0.25, -0.2) is 14.6 Å². The van der Waals surface area contributed by atoms with Gasteiger partial charge in [0.2, 0.25) is 0 Å². The van der Waals surface area contributed by atoms with Crippen LogP contribution in [0.3, 0.4) is 0 Å². The van der Waals surface area contributed by atoms with Crippen molar-refractivity contribution in [2.45, 2.75) is 40.3 Å². The van der Waals surface area contributed by atoms with Crippen molar-refractivity contribution in [1.82, 2.24) is 9.13 Å². The molecule has 0 N–H and O–H groups in total. The van der Waals surface area contributed by atoms with Gasteiger partial charge < -0.3 is 23.5 Å². The Hall–Kier alpha value is -4.84. The summed E-state index contributed by atoms with van der Waals surface area (Å²) in [6, 6.07) is 17.8. The molecule has 10 nitrogen and oxygen atoms in total. The van der Waals surface area contributed by atoms with Crippen molar-refractivity contribution in [2.75, 3.05) is 26.9 Å². The summed E-state index contributed by atoms with van der Waals surface area (Å²) in [6.45, 7) is 7.96. The monoisotopic (exact) mass is 747 g/mol. The van der Waals surface area contributed by atoms with Crippen molar-refractivity contribution in [1.29, 1.82) is 0 Å². The number of nitrogens with zero attached hydrogens (tertiary/aromatic N) is 3. The first kappa shape index (κ1) is 36.0. The SMILES string of the molecule is CCOC(=O)C1=C(C)N=c2s/c(=C/c3c(C)n(Cc4ccc(Cl)c(Cl)c4)c4ccccc34)c(=O)n2[C@H]1c1ccc(OCC(=O)OC)c(OCC)c1. The average Bonchev–Trinajstić information content (AvgIpc) is 3.56. The maximum Gasteiger partial charge on any atom is 0.343 e. The molecule has 0 saturated heterocycles. The lowest BCUT2D eigenvalue weighted by molar-refractivity contribution is -0.143. The van der Waals surface area contributed by atoms with Crippen molar-refractivity contribution < 1.29 is 28.5 Å². The molecule has 264 valence electrons. The number of allylic oxidation sites excluding steroid dienone is 1. The van der Waals surface area contributed by atoms with E-state index in [1.165, 1.54) is 23.0 Å². The van der Waals surface area contributed by atoms with Crippen LogP contribution < -0.4 is 24.4 Å². The Morgan fingerprint density at radius 2 is 1.75 bits per heavy atom. The first-order valence-electron chi connectivity index (χ1n) is 16.2. The molecule has 0 aliphatic carbocycles. The molecule has 0 unspecified atom stereocenters. The number of aromatic nitrogens is 2. The number of ether oxygens (including phenoxy) is 4. The van der Waals surface area contributed by atoms with Crippen LogP contribution in [0.2, 0.25) is 10.0 Å². The molecule has 5 aromatic rings. The standard InChI is InChI=1S/C38H35Cl2N3O7S/c1-6-48-31-17-24(13-15-30(31)50-20-33(44)47-5)35-34(37(46)49-7-2)21(3)41-38-43(35)36(45)32(51-38)18-26-22(4)42(29-11-9-8-10-25(26)29)19-23-12-14-27(39)28(40)16-23/h8-18,35H,6-7,19-20H2,1-5H3/b32-18+/t35-/m0/s1. The fraction of sp³-hybridized carbons (Fsp3) is 0.263. The smallest absolute Gasteiger partial charge is 0.343 e. The van der Waals surface area contributed by atoms with Crippen molar-refractivity contribution in [3.63, 3.8) is 0 Å². The molecular weight excluding hydrogens is 713 g/mol. The minimum atomic E-state index is -0.881. The molecule has 6 rings (SSSR count). The van der Waals surface area contributed by atoms with E-state index in [1.807, 2.05) is 56.3 Å². The van der Waals surface area contributed by atoms with Crippen LogP contribution in [0.4, 0.5) is 0 Å². The molecule has 0 bridgehead atoms. The molecule has 1 aliphatic heterocycles. The van der Waals surface area contributed by atoms with Gasteiger partial charge in [0, 0.05) is 28.7 Å². The van der Waals surface area contributed by atoms with Crippen molar-refractivity contribution in [3.05, 3.63) is 124 Å². The van der Waals surface area contributed by atoms with E-state index in [0.29, 0.717) is 55.3 Å². The molecule has 13 heteroatoms. The summed E-state index contributed by atoms with van der Waals surface area (Å²) in [7, 11) is 1.27. The van der Waals surface area contributed by atoms with Crippen LogP contribution >= 0.6 is 34.5 Å². The Morgan fingerprint density at radius 3 is 2.47 bits per heavy atom. The molecule has 0 amide bonds. The minimum Gasteiger partial charge on any atom is -0.490 e. The number of para-hydroxylation sites is 1. The summed E-state index contributed by atoms with van der Waals surface area (Å²) in [5.41, 5.74) is 4.74. The van der Waals surface area contributed by atoms with Crippen molar-refractivity contribution in [2.24, 2.45) is 4.99 Å². The van der Waals surface area contributed by atoms with Gasteiger partial charge in [-0.15, -0.1) is 0 Å². The molecule has 3 aromatic carbocycles.